The first-order valence-corrected chi connectivity index (χ1v) is 8.70. The van der Waals surface area contributed by atoms with E-state index in [1.807, 2.05) is 0 Å². The molecule has 0 aliphatic rings. The Hall–Kier alpha value is -2.92. The molecule has 0 atom stereocenters. The van der Waals surface area contributed by atoms with E-state index in [2.05, 4.69) is 25.6 Å². The van der Waals surface area contributed by atoms with E-state index in [-0.39, 0.29) is 34.9 Å². The Kier molecular flexibility index (Phi) is 6.34. The number of aliphatic hydroxyl groups is 2. The summed E-state index contributed by atoms with van der Waals surface area (Å²) in [6.07, 6.45) is 1.14. The number of rotatable bonds is 7. The van der Waals surface area contributed by atoms with Crippen molar-refractivity contribution in [3.05, 3.63) is 29.8 Å². The van der Waals surface area contributed by atoms with Gasteiger partial charge in [-0.25, -0.2) is 15.0 Å². The van der Waals surface area contributed by atoms with Crippen molar-refractivity contribution in [2.75, 3.05) is 10.6 Å². The standard InChI is InChI=1S/C18H23F2N5O4/c1-9(2)11-6-15(25-16(24-11)17(4,19)20)23-12-7-14(22-10(3)26)21-8-13(12)29-18(5,27)28/h6-9,27-28H,1-5H3,(H2,21,22,23,24,25,26). The third-order valence-electron chi connectivity index (χ3n) is 3.47. The van der Waals surface area contributed by atoms with Crippen LogP contribution in [0.5, 0.6) is 5.75 Å². The lowest BCUT2D eigenvalue weighted by Crippen LogP contribution is -2.31. The molecule has 9 nitrogen and oxygen atoms in total. The van der Waals surface area contributed by atoms with Crippen LogP contribution in [-0.2, 0) is 10.7 Å². The molecule has 4 N–H and O–H groups in total. The Balaban J connectivity index is 2.52. The molecular formula is C18H23F2N5O4. The van der Waals surface area contributed by atoms with Crippen molar-refractivity contribution in [1.82, 2.24) is 15.0 Å². The van der Waals surface area contributed by atoms with Gasteiger partial charge in [-0.1, -0.05) is 13.8 Å². The molecule has 0 aliphatic carbocycles. The number of aromatic nitrogens is 3. The molecule has 0 aliphatic heterocycles. The molecule has 0 saturated heterocycles. The Bertz CT molecular complexity index is 895. The molecule has 0 spiro atoms. The van der Waals surface area contributed by atoms with Crippen LogP contribution in [0.4, 0.5) is 26.1 Å². The largest absolute Gasteiger partial charge is 0.436 e. The van der Waals surface area contributed by atoms with Crippen LogP contribution in [0.15, 0.2) is 18.3 Å². The number of nitrogens with zero attached hydrogens (tertiary/aromatic N) is 3. The van der Waals surface area contributed by atoms with E-state index in [4.69, 9.17) is 4.74 Å². The van der Waals surface area contributed by atoms with Gasteiger partial charge in [0.25, 0.3) is 0 Å². The molecule has 158 valence electrons. The van der Waals surface area contributed by atoms with E-state index < -0.39 is 17.7 Å². The van der Waals surface area contributed by atoms with Crippen molar-refractivity contribution in [1.29, 1.82) is 0 Å². The number of carbonyl (C=O) groups is 1. The minimum atomic E-state index is -3.27. The zero-order valence-electron chi connectivity index (χ0n) is 16.6. The highest BCUT2D eigenvalue weighted by Crippen LogP contribution is 2.33. The number of amides is 1. The summed E-state index contributed by atoms with van der Waals surface area (Å²) in [4.78, 5) is 23.0. The van der Waals surface area contributed by atoms with Gasteiger partial charge in [-0.15, -0.1) is 0 Å². The maximum absolute atomic E-state index is 13.8. The second-order valence-electron chi connectivity index (χ2n) is 6.95. The highest BCUT2D eigenvalue weighted by Gasteiger charge is 2.30. The predicted octanol–water partition coefficient (Wildman–Crippen LogP) is 2.85. The third kappa shape index (κ3) is 6.57. The molecule has 29 heavy (non-hydrogen) atoms. The number of hydrogen-bond acceptors (Lipinski definition) is 8. The first-order valence-electron chi connectivity index (χ1n) is 8.70. The van der Waals surface area contributed by atoms with Crippen LogP contribution < -0.4 is 15.4 Å². The first kappa shape index (κ1) is 22.4. The van der Waals surface area contributed by atoms with Gasteiger partial charge in [-0.05, 0) is 5.92 Å². The number of ether oxygens (including phenoxy) is 1. The van der Waals surface area contributed by atoms with Crippen LogP contribution in [0, 0.1) is 0 Å². The summed E-state index contributed by atoms with van der Waals surface area (Å²) < 4.78 is 32.7. The van der Waals surface area contributed by atoms with Crippen LogP contribution >= 0.6 is 0 Å². The Morgan fingerprint density at radius 3 is 2.34 bits per heavy atom. The minimum Gasteiger partial charge on any atom is -0.436 e. The quantitative estimate of drug-likeness (QED) is 0.512. The maximum atomic E-state index is 13.8. The number of anilines is 3. The second-order valence-corrected chi connectivity index (χ2v) is 6.95. The van der Waals surface area contributed by atoms with Gasteiger partial charge in [-0.2, -0.15) is 8.78 Å². The first-order chi connectivity index (χ1) is 13.2. The number of alkyl halides is 2. The van der Waals surface area contributed by atoms with Gasteiger partial charge in [-0.3, -0.25) is 4.79 Å². The summed E-state index contributed by atoms with van der Waals surface area (Å²) >= 11 is 0. The average Bonchev–Trinajstić information content (AvgIpc) is 2.54. The molecule has 0 aromatic carbocycles. The summed E-state index contributed by atoms with van der Waals surface area (Å²) in [5.41, 5.74) is 0.489. The van der Waals surface area contributed by atoms with Crippen LogP contribution in [-0.4, -0.2) is 37.0 Å². The van der Waals surface area contributed by atoms with E-state index in [0.717, 1.165) is 13.1 Å². The number of halogens is 2. The Morgan fingerprint density at radius 2 is 1.83 bits per heavy atom. The van der Waals surface area contributed by atoms with Crippen molar-refractivity contribution in [3.8, 4) is 5.75 Å². The molecular weight excluding hydrogens is 388 g/mol. The average molecular weight is 411 g/mol. The van der Waals surface area contributed by atoms with Crippen molar-refractivity contribution < 1.29 is 28.5 Å². The second kappa shape index (κ2) is 8.21. The smallest absolute Gasteiger partial charge is 0.318 e. The zero-order valence-corrected chi connectivity index (χ0v) is 16.6. The summed E-state index contributed by atoms with van der Waals surface area (Å²) in [6, 6.07) is 2.82. The monoisotopic (exact) mass is 411 g/mol. The van der Waals surface area contributed by atoms with Crippen molar-refractivity contribution >= 4 is 23.2 Å². The fraction of sp³-hybridized carbons (Fsp3) is 0.444. The molecule has 2 heterocycles. The normalized spacial score (nSPS) is 12.1. The lowest BCUT2D eigenvalue weighted by atomic mass is 10.1. The molecule has 11 heteroatoms. The fourth-order valence-electron chi connectivity index (χ4n) is 2.24. The Labute approximate surface area is 166 Å². The molecule has 0 unspecified atom stereocenters. The van der Waals surface area contributed by atoms with Gasteiger partial charge < -0.3 is 25.6 Å². The molecule has 0 saturated carbocycles. The van der Waals surface area contributed by atoms with Gasteiger partial charge in [0.1, 0.15) is 11.6 Å². The summed E-state index contributed by atoms with van der Waals surface area (Å²) in [5, 5.41) is 24.3. The maximum Gasteiger partial charge on any atom is 0.318 e. The third-order valence-corrected chi connectivity index (χ3v) is 3.47. The van der Waals surface area contributed by atoms with Gasteiger partial charge in [0.05, 0.1) is 11.9 Å². The van der Waals surface area contributed by atoms with E-state index in [0.29, 0.717) is 12.6 Å². The van der Waals surface area contributed by atoms with Gasteiger partial charge in [0.15, 0.2) is 5.75 Å². The minimum absolute atomic E-state index is 0.0302. The van der Waals surface area contributed by atoms with E-state index in [1.165, 1.54) is 19.1 Å². The molecule has 0 fully saturated rings. The lowest BCUT2D eigenvalue weighted by molar-refractivity contribution is -0.277. The molecule has 2 rings (SSSR count). The molecule has 0 bridgehead atoms. The lowest BCUT2D eigenvalue weighted by Gasteiger charge is -2.21. The summed E-state index contributed by atoms with van der Waals surface area (Å²) in [5.74, 6) is -6.95. The van der Waals surface area contributed by atoms with Gasteiger partial charge in [0, 0.05) is 38.6 Å². The van der Waals surface area contributed by atoms with Gasteiger partial charge in [0.2, 0.25) is 11.7 Å². The van der Waals surface area contributed by atoms with Crippen LogP contribution in [0.1, 0.15) is 52.1 Å². The van der Waals surface area contributed by atoms with E-state index >= 15 is 0 Å². The van der Waals surface area contributed by atoms with Crippen LogP contribution in [0.2, 0.25) is 0 Å². The molecule has 2 aromatic heterocycles. The van der Waals surface area contributed by atoms with Crippen molar-refractivity contribution in [2.24, 2.45) is 0 Å². The van der Waals surface area contributed by atoms with Crippen molar-refractivity contribution in [2.45, 2.75) is 52.4 Å². The highest BCUT2D eigenvalue weighted by molar-refractivity contribution is 5.88. The summed E-state index contributed by atoms with van der Waals surface area (Å²) in [7, 11) is 0. The van der Waals surface area contributed by atoms with E-state index in [9.17, 15) is 23.8 Å². The predicted molar refractivity (Wildman–Crippen MR) is 101 cm³/mol. The number of hydrogen-bond donors (Lipinski definition) is 4. The number of carbonyl (C=O) groups excluding carboxylic acids is 1. The number of nitrogens with one attached hydrogen (secondary N) is 2. The fourth-order valence-corrected chi connectivity index (χ4v) is 2.24. The highest BCUT2D eigenvalue weighted by atomic mass is 19.3. The summed E-state index contributed by atoms with van der Waals surface area (Å²) in [6.45, 7) is 6.54. The Morgan fingerprint density at radius 1 is 1.17 bits per heavy atom. The van der Waals surface area contributed by atoms with Crippen LogP contribution in [0.25, 0.3) is 0 Å². The zero-order chi connectivity index (χ0) is 22.0. The van der Waals surface area contributed by atoms with Crippen LogP contribution in [0.3, 0.4) is 0 Å². The van der Waals surface area contributed by atoms with Gasteiger partial charge >= 0.3 is 11.9 Å². The van der Waals surface area contributed by atoms with E-state index in [1.54, 1.807) is 13.8 Å². The topological polar surface area (TPSA) is 129 Å². The number of pyridine rings is 1. The molecule has 1 amide bonds. The SMILES string of the molecule is CC(=O)Nc1cc(Nc2cc(C(C)C)nc(C(C)(F)F)n2)c(OC(C)(O)O)cn1. The van der Waals surface area contributed by atoms with Crippen molar-refractivity contribution in [3.63, 3.8) is 0 Å². The molecule has 2 aromatic rings. The molecule has 0 radical (unpaired) electrons.